The number of carbonyl (C=O) groups excluding carboxylic acids is 2. The molecular formula is C37H41N3O6S. The lowest BCUT2D eigenvalue weighted by Gasteiger charge is -2.34. The second-order valence-corrected chi connectivity index (χ2v) is 13.9. The molecule has 1 atom stereocenters. The summed E-state index contributed by atoms with van der Waals surface area (Å²) in [6, 6.07) is 29.1. The Hall–Kier alpha value is -4.83. The minimum absolute atomic E-state index is 0.0310. The van der Waals surface area contributed by atoms with Gasteiger partial charge in [-0.15, -0.1) is 0 Å². The van der Waals surface area contributed by atoms with Crippen LogP contribution in [0.25, 0.3) is 0 Å². The van der Waals surface area contributed by atoms with E-state index in [1.54, 1.807) is 36.4 Å². The highest BCUT2D eigenvalue weighted by atomic mass is 32.2. The van der Waals surface area contributed by atoms with Gasteiger partial charge in [0.1, 0.15) is 25.8 Å². The normalized spacial score (nSPS) is 13.1. The first kappa shape index (κ1) is 33.5. The zero-order chi connectivity index (χ0) is 33.4. The van der Waals surface area contributed by atoms with E-state index in [1.807, 2.05) is 75.4 Å². The predicted octanol–water partition coefficient (Wildman–Crippen LogP) is 5.37. The molecule has 10 heteroatoms. The average molecular weight is 656 g/mol. The van der Waals surface area contributed by atoms with Crippen molar-refractivity contribution < 1.29 is 27.5 Å². The van der Waals surface area contributed by atoms with Gasteiger partial charge >= 0.3 is 0 Å². The Kier molecular flexibility index (Phi) is 10.8. The van der Waals surface area contributed by atoms with Crippen LogP contribution in [0.5, 0.6) is 11.5 Å². The number of sulfonamides is 1. The minimum Gasteiger partial charge on any atom is -0.486 e. The van der Waals surface area contributed by atoms with Crippen molar-refractivity contribution >= 4 is 27.5 Å². The summed E-state index contributed by atoms with van der Waals surface area (Å²) in [5, 5.41) is 3.02. The summed E-state index contributed by atoms with van der Waals surface area (Å²) >= 11 is 0. The topological polar surface area (TPSA) is 105 Å². The lowest BCUT2D eigenvalue weighted by molar-refractivity contribution is -0.140. The maximum Gasteiger partial charge on any atom is 0.264 e. The number of hydrogen-bond donors (Lipinski definition) is 1. The van der Waals surface area contributed by atoms with E-state index < -0.39 is 28.5 Å². The van der Waals surface area contributed by atoms with Crippen LogP contribution in [0.3, 0.4) is 0 Å². The minimum atomic E-state index is -4.23. The fraction of sp³-hybridized carbons (Fsp3) is 0.297. The smallest absolute Gasteiger partial charge is 0.264 e. The van der Waals surface area contributed by atoms with Gasteiger partial charge in [0.2, 0.25) is 11.8 Å². The Bertz CT molecular complexity index is 1780. The molecule has 1 aliphatic heterocycles. The number of aryl methyl sites for hydroxylation is 1. The fourth-order valence-electron chi connectivity index (χ4n) is 5.42. The molecule has 0 saturated carbocycles. The number of fused-ring (bicyclic) bond motifs is 1. The molecule has 1 unspecified atom stereocenters. The van der Waals surface area contributed by atoms with E-state index in [9.17, 15) is 18.0 Å². The molecule has 9 nitrogen and oxygen atoms in total. The van der Waals surface area contributed by atoms with Crippen LogP contribution in [0.4, 0.5) is 5.69 Å². The Morgan fingerprint density at radius 3 is 2.15 bits per heavy atom. The highest BCUT2D eigenvalue weighted by Crippen LogP contribution is 2.36. The molecule has 5 rings (SSSR count). The summed E-state index contributed by atoms with van der Waals surface area (Å²) in [6.07, 6.45) is 0.248. The van der Waals surface area contributed by atoms with Crippen molar-refractivity contribution in [3.63, 3.8) is 0 Å². The van der Waals surface area contributed by atoms with Crippen molar-refractivity contribution in [3.05, 3.63) is 120 Å². The second-order valence-electron chi connectivity index (χ2n) is 12.0. The lowest BCUT2D eigenvalue weighted by Crippen LogP contribution is -2.53. The number of hydrogen-bond acceptors (Lipinski definition) is 6. The first-order valence-corrected chi connectivity index (χ1v) is 17.2. The molecule has 4 aromatic rings. The summed E-state index contributed by atoms with van der Waals surface area (Å²) in [6.45, 7) is 6.65. The number of ether oxygens (including phenoxy) is 2. The Balaban J connectivity index is 1.58. The van der Waals surface area contributed by atoms with Crippen molar-refractivity contribution in [3.8, 4) is 11.5 Å². The zero-order valence-electron chi connectivity index (χ0n) is 27.0. The van der Waals surface area contributed by atoms with Crippen LogP contribution in [0.1, 0.15) is 30.5 Å². The predicted molar refractivity (Wildman–Crippen MR) is 182 cm³/mol. The van der Waals surface area contributed by atoms with Crippen LogP contribution in [-0.2, 0) is 32.6 Å². The van der Waals surface area contributed by atoms with Crippen LogP contribution in [-0.4, -0.2) is 57.5 Å². The Morgan fingerprint density at radius 2 is 1.47 bits per heavy atom. The molecule has 0 bridgehead atoms. The van der Waals surface area contributed by atoms with E-state index in [2.05, 4.69) is 5.32 Å². The van der Waals surface area contributed by atoms with Gasteiger partial charge in [-0.05, 0) is 48.2 Å². The molecule has 1 N–H and O–H groups in total. The maximum absolute atomic E-state index is 14.6. The number of carbonyl (C=O) groups is 2. The number of amides is 2. The summed E-state index contributed by atoms with van der Waals surface area (Å²) in [5.74, 6) is 0.246. The lowest BCUT2D eigenvalue weighted by atomic mass is 10.0. The highest BCUT2D eigenvalue weighted by molar-refractivity contribution is 7.92. The van der Waals surface area contributed by atoms with Gasteiger partial charge in [0.25, 0.3) is 10.0 Å². The molecule has 0 fully saturated rings. The number of anilines is 1. The first-order chi connectivity index (χ1) is 22.6. The number of benzene rings is 4. The largest absolute Gasteiger partial charge is 0.486 e. The first-order valence-electron chi connectivity index (χ1n) is 15.8. The van der Waals surface area contributed by atoms with Crippen LogP contribution >= 0.6 is 0 Å². The van der Waals surface area contributed by atoms with Gasteiger partial charge in [0.05, 0.1) is 10.6 Å². The fourth-order valence-corrected chi connectivity index (χ4v) is 6.85. The van der Waals surface area contributed by atoms with Gasteiger partial charge in [-0.25, -0.2) is 8.42 Å². The van der Waals surface area contributed by atoms with Crippen molar-refractivity contribution in [1.82, 2.24) is 10.2 Å². The monoisotopic (exact) mass is 655 g/mol. The standard InChI is InChI=1S/C37H41N3O6S/c1-27(2)24-38-37(42)33(22-29-12-6-4-7-13-29)39(25-30-14-10-11-28(3)21-30)36(41)26-40(47(43,44)32-15-8-5-9-16-32)31-17-18-34-35(23-31)46-20-19-45-34/h4-18,21,23,27,33H,19-20,22,24-26H2,1-3H3,(H,38,42). The summed E-state index contributed by atoms with van der Waals surface area (Å²) in [5.41, 5.74) is 2.94. The maximum atomic E-state index is 14.6. The number of rotatable bonds is 13. The van der Waals surface area contributed by atoms with Crippen molar-refractivity contribution in [2.24, 2.45) is 5.92 Å². The quantitative estimate of drug-likeness (QED) is 0.208. The van der Waals surface area contributed by atoms with Crippen molar-refractivity contribution in [2.75, 3.05) is 30.6 Å². The van der Waals surface area contributed by atoms with Crippen LogP contribution < -0.4 is 19.1 Å². The third kappa shape index (κ3) is 8.51. The molecule has 246 valence electrons. The van der Waals surface area contributed by atoms with Gasteiger partial charge in [0.15, 0.2) is 11.5 Å². The molecule has 0 aliphatic carbocycles. The van der Waals surface area contributed by atoms with Gasteiger partial charge in [-0.1, -0.05) is 92.2 Å². The Labute approximate surface area is 277 Å². The molecule has 0 radical (unpaired) electrons. The molecular weight excluding hydrogens is 614 g/mol. The second kappa shape index (κ2) is 15.2. The molecule has 4 aromatic carbocycles. The van der Waals surface area contributed by atoms with Gasteiger partial charge in [-0.3, -0.25) is 13.9 Å². The van der Waals surface area contributed by atoms with E-state index >= 15 is 0 Å². The SMILES string of the molecule is Cc1cccc(CN(C(=O)CN(c2ccc3c(c2)OCCO3)S(=O)(=O)c2ccccc2)C(Cc2ccccc2)C(=O)NCC(C)C)c1. The molecule has 1 heterocycles. The van der Waals surface area contributed by atoms with E-state index in [1.165, 1.54) is 17.0 Å². The molecule has 0 spiro atoms. The number of nitrogens with one attached hydrogen (secondary N) is 1. The van der Waals surface area contributed by atoms with E-state index in [0.717, 1.165) is 21.0 Å². The molecule has 47 heavy (non-hydrogen) atoms. The van der Waals surface area contributed by atoms with Gasteiger partial charge in [0, 0.05) is 25.6 Å². The molecule has 0 saturated heterocycles. The number of nitrogens with zero attached hydrogens (tertiary/aromatic N) is 2. The van der Waals surface area contributed by atoms with Gasteiger partial charge < -0.3 is 19.7 Å². The Morgan fingerprint density at radius 1 is 0.809 bits per heavy atom. The van der Waals surface area contributed by atoms with Crippen LogP contribution in [0.15, 0.2) is 108 Å². The average Bonchev–Trinajstić information content (AvgIpc) is 3.08. The summed E-state index contributed by atoms with van der Waals surface area (Å²) in [4.78, 5) is 30.1. The molecule has 1 aliphatic rings. The third-order valence-electron chi connectivity index (χ3n) is 7.81. The highest BCUT2D eigenvalue weighted by Gasteiger charge is 2.35. The van der Waals surface area contributed by atoms with Crippen molar-refractivity contribution in [2.45, 2.75) is 44.7 Å². The van der Waals surface area contributed by atoms with E-state index in [0.29, 0.717) is 31.3 Å². The van der Waals surface area contributed by atoms with Crippen molar-refractivity contribution in [1.29, 1.82) is 0 Å². The van der Waals surface area contributed by atoms with E-state index in [4.69, 9.17) is 9.47 Å². The summed E-state index contributed by atoms with van der Waals surface area (Å²) in [7, 11) is -4.23. The van der Waals surface area contributed by atoms with E-state index in [-0.39, 0.29) is 35.4 Å². The van der Waals surface area contributed by atoms with Gasteiger partial charge in [-0.2, -0.15) is 0 Å². The molecule has 2 amide bonds. The van der Waals surface area contributed by atoms with Crippen LogP contribution in [0, 0.1) is 12.8 Å². The zero-order valence-corrected chi connectivity index (χ0v) is 27.8. The summed E-state index contributed by atoms with van der Waals surface area (Å²) < 4.78 is 41.0. The third-order valence-corrected chi connectivity index (χ3v) is 9.60. The van der Waals surface area contributed by atoms with Crippen LogP contribution in [0.2, 0.25) is 0 Å². The molecule has 0 aromatic heterocycles.